The number of nitrogen functional groups attached to an aromatic ring is 1. The van der Waals surface area contributed by atoms with Gasteiger partial charge in [-0.05, 0) is 31.4 Å². The summed E-state index contributed by atoms with van der Waals surface area (Å²) in [5.41, 5.74) is 9.57. The Kier molecular flexibility index (Phi) is 8.19. The first-order chi connectivity index (χ1) is 13.5. The highest BCUT2D eigenvalue weighted by atomic mass is 16.5. The van der Waals surface area contributed by atoms with Gasteiger partial charge in [0.1, 0.15) is 5.82 Å². The van der Waals surface area contributed by atoms with Gasteiger partial charge >= 0.3 is 5.97 Å². The number of carbonyl (C=O) groups excluding carboxylic acids is 1. The lowest BCUT2D eigenvalue weighted by molar-refractivity contribution is -0.142. The number of carbonyl (C=O) groups is 1. The van der Waals surface area contributed by atoms with E-state index in [1.807, 2.05) is 31.2 Å². The molecule has 1 unspecified atom stereocenters. The lowest BCUT2D eigenvalue weighted by atomic mass is 10.0. The van der Waals surface area contributed by atoms with Crippen LogP contribution in [0.4, 0.5) is 11.8 Å². The molecule has 2 aromatic rings. The van der Waals surface area contributed by atoms with Crippen molar-refractivity contribution in [3.05, 3.63) is 46.6 Å². The van der Waals surface area contributed by atoms with Crippen molar-refractivity contribution >= 4 is 17.7 Å². The van der Waals surface area contributed by atoms with Crippen LogP contribution in [0.15, 0.2) is 24.3 Å². The number of aliphatic hydroxyl groups is 1. The van der Waals surface area contributed by atoms with Crippen molar-refractivity contribution in [1.29, 1.82) is 0 Å². The van der Waals surface area contributed by atoms with Crippen LogP contribution in [-0.2, 0) is 22.4 Å². The Morgan fingerprint density at radius 1 is 1.21 bits per heavy atom. The van der Waals surface area contributed by atoms with E-state index in [9.17, 15) is 9.90 Å². The number of ether oxygens (including phenoxy) is 1. The molecule has 0 bridgehead atoms. The third-order valence-corrected chi connectivity index (χ3v) is 4.49. The summed E-state index contributed by atoms with van der Waals surface area (Å²) in [7, 11) is 0. The Labute approximate surface area is 166 Å². The van der Waals surface area contributed by atoms with Gasteiger partial charge in [-0.15, -0.1) is 0 Å². The number of esters is 1. The molecule has 0 radical (unpaired) electrons. The molecule has 1 heterocycles. The molecule has 0 amide bonds. The van der Waals surface area contributed by atoms with Crippen LogP contribution in [0, 0.1) is 6.92 Å². The summed E-state index contributed by atoms with van der Waals surface area (Å²) in [5.74, 6) is 0.644. The number of nitrogens with one attached hydrogen (secondary N) is 1. The van der Waals surface area contributed by atoms with Gasteiger partial charge in [0.2, 0.25) is 5.95 Å². The van der Waals surface area contributed by atoms with Gasteiger partial charge in [0.05, 0.1) is 25.7 Å². The van der Waals surface area contributed by atoms with Crippen LogP contribution in [-0.4, -0.2) is 40.3 Å². The smallest absolute Gasteiger partial charge is 0.310 e. The number of benzene rings is 1. The van der Waals surface area contributed by atoms with E-state index in [0.717, 1.165) is 35.2 Å². The fourth-order valence-corrected chi connectivity index (χ4v) is 3.06. The van der Waals surface area contributed by atoms with E-state index < -0.39 is 0 Å². The van der Waals surface area contributed by atoms with Crippen LogP contribution in [0.3, 0.4) is 0 Å². The number of aromatic nitrogens is 2. The molecular weight excluding hydrogens is 356 g/mol. The highest BCUT2D eigenvalue weighted by Crippen LogP contribution is 2.23. The summed E-state index contributed by atoms with van der Waals surface area (Å²) in [6.07, 6.45) is 2.68. The molecule has 7 nitrogen and oxygen atoms in total. The van der Waals surface area contributed by atoms with Gasteiger partial charge < -0.3 is 20.9 Å². The monoisotopic (exact) mass is 386 g/mol. The maximum atomic E-state index is 11.6. The molecule has 1 aromatic heterocycles. The van der Waals surface area contributed by atoms with Crippen molar-refractivity contribution in [2.45, 2.75) is 52.5 Å². The Bertz CT molecular complexity index is 778. The van der Waals surface area contributed by atoms with Crippen LogP contribution in [0.2, 0.25) is 0 Å². The molecule has 0 fully saturated rings. The van der Waals surface area contributed by atoms with Crippen molar-refractivity contribution in [2.24, 2.45) is 0 Å². The van der Waals surface area contributed by atoms with Crippen LogP contribution in [0.25, 0.3) is 0 Å². The minimum Gasteiger partial charge on any atom is -0.466 e. The van der Waals surface area contributed by atoms with Gasteiger partial charge in [0, 0.05) is 17.7 Å². The van der Waals surface area contributed by atoms with E-state index in [1.54, 1.807) is 6.92 Å². The Morgan fingerprint density at radius 2 is 1.89 bits per heavy atom. The zero-order valence-corrected chi connectivity index (χ0v) is 16.9. The number of nitrogens with zero attached hydrogens (tertiary/aromatic N) is 2. The minimum absolute atomic E-state index is 0.0266. The molecular formula is C21H30N4O3. The third kappa shape index (κ3) is 6.20. The molecule has 4 N–H and O–H groups in total. The minimum atomic E-state index is -0.226. The maximum absolute atomic E-state index is 11.6. The van der Waals surface area contributed by atoms with E-state index in [2.05, 4.69) is 22.2 Å². The summed E-state index contributed by atoms with van der Waals surface area (Å²) in [5, 5.41) is 12.9. The van der Waals surface area contributed by atoms with Gasteiger partial charge in [-0.3, -0.25) is 4.79 Å². The standard InChI is InChI=1S/C21H30N4O3/c1-4-6-17(13-26)24-20-18(14(3)23-21(22)25-20)11-15-7-9-16(10-8-15)12-19(27)28-5-2/h7-10,17,26H,4-6,11-13H2,1-3H3,(H3,22,23,24,25). The van der Waals surface area contributed by atoms with Crippen molar-refractivity contribution in [2.75, 3.05) is 24.3 Å². The first kappa shape index (κ1) is 21.6. The summed E-state index contributed by atoms with van der Waals surface area (Å²) < 4.78 is 4.99. The van der Waals surface area contributed by atoms with Gasteiger partial charge in [-0.1, -0.05) is 37.6 Å². The first-order valence-corrected chi connectivity index (χ1v) is 9.70. The number of anilines is 2. The quantitative estimate of drug-likeness (QED) is 0.538. The number of hydrogen-bond acceptors (Lipinski definition) is 7. The molecule has 0 aliphatic heterocycles. The molecule has 7 heteroatoms. The van der Waals surface area contributed by atoms with Crippen molar-refractivity contribution in [3.8, 4) is 0 Å². The highest BCUT2D eigenvalue weighted by molar-refractivity contribution is 5.72. The van der Waals surface area contributed by atoms with E-state index in [0.29, 0.717) is 18.8 Å². The van der Waals surface area contributed by atoms with Crippen LogP contribution >= 0.6 is 0 Å². The molecule has 152 valence electrons. The van der Waals surface area contributed by atoms with E-state index in [1.165, 1.54) is 0 Å². The Balaban J connectivity index is 2.19. The predicted molar refractivity (Wildman–Crippen MR) is 110 cm³/mol. The zero-order chi connectivity index (χ0) is 20.5. The van der Waals surface area contributed by atoms with E-state index in [-0.39, 0.29) is 31.0 Å². The topological polar surface area (TPSA) is 110 Å². The third-order valence-electron chi connectivity index (χ3n) is 4.49. The number of aliphatic hydroxyl groups excluding tert-OH is 1. The van der Waals surface area contributed by atoms with Gasteiger partial charge in [-0.25, -0.2) is 4.98 Å². The molecule has 0 saturated carbocycles. The fourth-order valence-electron chi connectivity index (χ4n) is 3.06. The Hall–Kier alpha value is -2.67. The van der Waals surface area contributed by atoms with Gasteiger partial charge in [0.25, 0.3) is 0 Å². The highest BCUT2D eigenvalue weighted by Gasteiger charge is 2.15. The molecule has 0 saturated heterocycles. The van der Waals surface area contributed by atoms with Crippen LogP contribution in [0.5, 0.6) is 0 Å². The first-order valence-electron chi connectivity index (χ1n) is 9.70. The zero-order valence-electron chi connectivity index (χ0n) is 16.9. The molecule has 0 aliphatic carbocycles. The average Bonchev–Trinajstić information content (AvgIpc) is 2.65. The maximum Gasteiger partial charge on any atom is 0.310 e. The summed E-state index contributed by atoms with van der Waals surface area (Å²) in [6, 6.07) is 7.76. The number of rotatable bonds is 10. The normalized spacial score (nSPS) is 11.9. The molecule has 0 spiro atoms. The Morgan fingerprint density at radius 3 is 2.50 bits per heavy atom. The van der Waals surface area contributed by atoms with Crippen LogP contribution in [0.1, 0.15) is 49.1 Å². The summed E-state index contributed by atoms with van der Waals surface area (Å²) in [6.45, 7) is 6.18. The predicted octanol–water partition coefficient (Wildman–Crippen LogP) is 2.64. The van der Waals surface area contributed by atoms with Crippen LogP contribution < -0.4 is 11.1 Å². The summed E-state index contributed by atoms with van der Waals surface area (Å²) >= 11 is 0. The van der Waals surface area contributed by atoms with Crippen molar-refractivity contribution in [3.63, 3.8) is 0 Å². The molecule has 1 atom stereocenters. The lowest BCUT2D eigenvalue weighted by Gasteiger charge is -2.20. The van der Waals surface area contributed by atoms with Crippen molar-refractivity contribution < 1.29 is 14.6 Å². The second kappa shape index (κ2) is 10.6. The number of hydrogen-bond donors (Lipinski definition) is 3. The molecule has 1 aromatic carbocycles. The average molecular weight is 386 g/mol. The molecule has 0 aliphatic rings. The molecule has 2 rings (SSSR count). The molecule has 28 heavy (non-hydrogen) atoms. The van der Waals surface area contributed by atoms with Gasteiger partial charge in [0.15, 0.2) is 0 Å². The summed E-state index contributed by atoms with van der Waals surface area (Å²) in [4.78, 5) is 20.3. The lowest BCUT2D eigenvalue weighted by Crippen LogP contribution is -2.25. The van der Waals surface area contributed by atoms with Crippen molar-refractivity contribution in [1.82, 2.24) is 9.97 Å². The second-order valence-corrected chi connectivity index (χ2v) is 6.78. The largest absolute Gasteiger partial charge is 0.466 e. The second-order valence-electron chi connectivity index (χ2n) is 6.78. The van der Waals surface area contributed by atoms with E-state index in [4.69, 9.17) is 10.5 Å². The number of aryl methyl sites for hydroxylation is 1. The fraction of sp³-hybridized carbons (Fsp3) is 0.476. The van der Waals surface area contributed by atoms with E-state index >= 15 is 0 Å². The number of nitrogens with two attached hydrogens (primary N) is 1. The SMILES string of the molecule is CCCC(CO)Nc1nc(N)nc(C)c1Cc1ccc(CC(=O)OCC)cc1. The van der Waals surface area contributed by atoms with Gasteiger partial charge in [-0.2, -0.15) is 4.98 Å².